The Morgan fingerprint density at radius 3 is 2.29 bits per heavy atom. The molecule has 1 aromatic rings. The smallest absolute Gasteiger partial charge is 0.334 e. The van der Waals surface area contributed by atoms with E-state index in [0.29, 0.717) is 5.56 Å². The van der Waals surface area contributed by atoms with E-state index in [-0.39, 0.29) is 0 Å². The van der Waals surface area contributed by atoms with Crippen molar-refractivity contribution < 1.29 is 15.0 Å². The Labute approximate surface area is 82.0 Å². The van der Waals surface area contributed by atoms with Gasteiger partial charge in [0.1, 0.15) is 0 Å². The SMILES string of the molecule is Cc1ccc([C@H](N)[C@@H](O)C(=O)O)cc1. The summed E-state index contributed by atoms with van der Waals surface area (Å²) in [4.78, 5) is 10.5. The maximum Gasteiger partial charge on any atom is 0.334 e. The second-order valence-corrected chi connectivity index (χ2v) is 3.22. The van der Waals surface area contributed by atoms with E-state index in [9.17, 15) is 9.90 Å². The number of hydrogen-bond acceptors (Lipinski definition) is 3. The number of hydrogen-bond donors (Lipinski definition) is 3. The van der Waals surface area contributed by atoms with Gasteiger partial charge in [0.05, 0.1) is 6.04 Å². The Balaban J connectivity index is 2.84. The average molecular weight is 195 g/mol. The molecular formula is C10H13NO3. The molecule has 0 amide bonds. The van der Waals surface area contributed by atoms with Crippen LogP contribution in [-0.4, -0.2) is 22.3 Å². The first-order chi connectivity index (χ1) is 6.52. The number of benzene rings is 1. The lowest BCUT2D eigenvalue weighted by Gasteiger charge is -2.15. The van der Waals surface area contributed by atoms with Crippen LogP contribution in [-0.2, 0) is 4.79 Å². The lowest BCUT2D eigenvalue weighted by molar-refractivity contribution is -0.147. The summed E-state index contributed by atoms with van der Waals surface area (Å²) < 4.78 is 0. The van der Waals surface area contributed by atoms with Gasteiger partial charge in [-0.3, -0.25) is 0 Å². The van der Waals surface area contributed by atoms with Gasteiger partial charge in [-0.25, -0.2) is 4.79 Å². The van der Waals surface area contributed by atoms with Crippen LogP contribution in [0.15, 0.2) is 24.3 Å². The molecule has 1 aromatic carbocycles. The van der Waals surface area contributed by atoms with E-state index in [1.165, 1.54) is 0 Å². The summed E-state index contributed by atoms with van der Waals surface area (Å²) >= 11 is 0. The molecule has 4 nitrogen and oxygen atoms in total. The second-order valence-electron chi connectivity index (χ2n) is 3.22. The van der Waals surface area contributed by atoms with E-state index < -0.39 is 18.1 Å². The predicted octanol–water partition coefficient (Wildman–Crippen LogP) is 0.440. The molecule has 0 saturated heterocycles. The van der Waals surface area contributed by atoms with Gasteiger partial charge in [-0.2, -0.15) is 0 Å². The molecule has 0 heterocycles. The number of carbonyl (C=O) groups is 1. The molecule has 0 saturated carbocycles. The molecule has 76 valence electrons. The van der Waals surface area contributed by atoms with Crippen LogP contribution in [0.25, 0.3) is 0 Å². The fraction of sp³-hybridized carbons (Fsp3) is 0.300. The maximum absolute atomic E-state index is 10.5. The number of aliphatic carboxylic acids is 1. The van der Waals surface area contributed by atoms with Gasteiger partial charge in [-0.15, -0.1) is 0 Å². The van der Waals surface area contributed by atoms with Crippen molar-refractivity contribution in [3.8, 4) is 0 Å². The number of nitrogens with two attached hydrogens (primary N) is 1. The van der Waals surface area contributed by atoms with E-state index >= 15 is 0 Å². The van der Waals surface area contributed by atoms with Crippen molar-refractivity contribution in [3.05, 3.63) is 35.4 Å². The average Bonchev–Trinajstić information content (AvgIpc) is 2.16. The van der Waals surface area contributed by atoms with Crippen LogP contribution in [0, 0.1) is 6.92 Å². The molecule has 14 heavy (non-hydrogen) atoms. The van der Waals surface area contributed by atoms with Crippen LogP contribution in [0.1, 0.15) is 17.2 Å². The van der Waals surface area contributed by atoms with Crippen LogP contribution < -0.4 is 5.73 Å². The number of aliphatic hydroxyl groups is 1. The van der Waals surface area contributed by atoms with Crippen molar-refractivity contribution in [2.75, 3.05) is 0 Å². The Bertz CT molecular complexity index is 321. The van der Waals surface area contributed by atoms with E-state index in [1.807, 2.05) is 19.1 Å². The summed E-state index contributed by atoms with van der Waals surface area (Å²) in [6.45, 7) is 1.92. The quantitative estimate of drug-likeness (QED) is 0.653. The molecule has 0 aliphatic carbocycles. The summed E-state index contributed by atoms with van der Waals surface area (Å²) in [5.74, 6) is -1.31. The zero-order valence-electron chi connectivity index (χ0n) is 7.84. The van der Waals surface area contributed by atoms with Crippen molar-refractivity contribution in [1.29, 1.82) is 0 Å². The first-order valence-corrected chi connectivity index (χ1v) is 4.25. The molecule has 0 radical (unpaired) electrons. The molecule has 0 bridgehead atoms. The molecule has 0 unspecified atom stereocenters. The molecule has 4 heteroatoms. The number of rotatable bonds is 3. The van der Waals surface area contributed by atoms with Crippen molar-refractivity contribution in [2.45, 2.75) is 19.1 Å². The number of carboxylic acid groups (broad SMARTS) is 1. The molecule has 0 fully saturated rings. The van der Waals surface area contributed by atoms with E-state index in [4.69, 9.17) is 10.8 Å². The molecule has 0 aliphatic heterocycles. The van der Waals surface area contributed by atoms with Gasteiger partial charge in [0.2, 0.25) is 0 Å². The number of aliphatic hydroxyl groups excluding tert-OH is 1. The third kappa shape index (κ3) is 2.31. The Kier molecular flexibility index (Phi) is 3.22. The van der Waals surface area contributed by atoms with Crippen molar-refractivity contribution in [3.63, 3.8) is 0 Å². The lowest BCUT2D eigenvalue weighted by Crippen LogP contribution is -2.33. The van der Waals surface area contributed by atoms with Crippen LogP contribution in [0.4, 0.5) is 0 Å². The summed E-state index contributed by atoms with van der Waals surface area (Å²) in [5, 5.41) is 17.7. The topological polar surface area (TPSA) is 83.5 Å². The highest BCUT2D eigenvalue weighted by Gasteiger charge is 2.23. The Morgan fingerprint density at radius 1 is 1.36 bits per heavy atom. The third-order valence-corrected chi connectivity index (χ3v) is 2.06. The summed E-state index contributed by atoms with van der Waals surface area (Å²) in [7, 11) is 0. The molecule has 1 rings (SSSR count). The van der Waals surface area contributed by atoms with E-state index in [1.54, 1.807) is 12.1 Å². The van der Waals surface area contributed by atoms with Gasteiger partial charge in [0.15, 0.2) is 6.10 Å². The zero-order valence-corrected chi connectivity index (χ0v) is 7.84. The highest BCUT2D eigenvalue weighted by atomic mass is 16.4. The van der Waals surface area contributed by atoms with Gasteiger partial charge in [0.25, 0.3) is 0 Å². The van der Waals surface area contributed by atoms with Crippen LogP contribution in [0.3, 0.4) is 0 Å². The minimum absolute atomic E-state index is 0.616. The molecule has 0 spiro atoms. The molecule has 0 aliphatic rings. The first kappa shape index (κ1) is 10.7. The second kappa shape index (κ2) is 4.21. The highest BCUT2D eigenvalue weighted by Crippen LogP contribution is 2.14. The molecule has 4 N–H and O–H groups in total. The van der Waals surface area contributed by atoms with Gasteiger partial charge in [-0.1, -0.05) is 29.8 Å². The maximum atomic E-state index is 10.5. The molecule has 2 atom stereocenters. The monoisotopic (exact) mass is 195 g/mol. The Morgan fingerprint density at radius 2 is 1.86 bits per heavy atom. The third-order valence-electron chi connectivity index (χ3n) is 2.06. The van der Waals surface area contributed by atoms with Crippen molar-refractivity contribution >= 4 is 5.97 Å². The van der Waals surface area contributed by atoms with Crippen LogP contribution >= 0.6 is 0 Å². The van der Waals surface area contributed by atoms with Gasteiger partial charge >= 0.3 is 5.97 Å². The normalized spacial score (nSPS) is 14.8. The first-order valence-electron chi connectivity index (χ1n) is 4.25. The zero-order chi connectivity index (χ0) is 10.7. The highest BCUT2D eigenvalue weighted by molar-refractivity contribution is 5.73. The Hall–Kier alpha value is -1.39. The summed E-state index contributed by atoms with van der Waals surface area (Å²) in [6, 6.07) is 6.19. The minimum Gasteiger partial charge on any atom is -0.479 e. The largest absolute Gasteiger partial charge is 0.479 e. The van der Waals surface area contributed by atoms with Crippen molar-refractivity contribution in [1.82, 2.24) is 0 Å². The van der Waals surface area contributed by atoms with Gasteiger partial charge in [0, 0.05) is 0 Å². The van der Waals surface area contributed by atoms with Crippen LogP contribution in [0.2, 0.25) is 0 Å². The summed E-state index contributed by atoms with van der Waals surface area (Å²) in [5.41, 5.74) is 7.24. The molecule has 0 aromatic heterocycles. The number of aryl methyl sites for hydroxylation is 1. The van der Waals surface area contributed by atoms with E-state index in [2.05, 4.69) is 0 Å². The fourth-order valence-corrected chi connectivity index (χ4v) is 1.12. The van der Waals surface area contributed by atoms with Gasteiger partial charge < -0.3 is 15.9 Å². The van der Waals surface area contributed by atoms with E-state index in [0.717, 1.165) is 5.56 Å². The fourth-order valence-electron chi connectivity index (χ4n) is 1.12. The standard InChI is InChI=1S/C10H13NO3/c1-6-2-4-7(5-3-6)8(11)9(12)10(13)14/h2-5,8-9,12H,11H2,1H3,(H,13,14)/t8-,9+/m0/s1. The number of carboxylic acids is 1. The summed E-state index contributed by atoms with van der Waals surface area (Å²) in [6.07, 6.45) is -1.56. The minimum atomic E-state index is -1.56. The van der Waals surface area contributed by atoms with Crippen LogP contribution in [0.5, 0.6) is 0 Å². The van der Waals surface area contributed by atoms with Gasteiger partial charge in [-0.05, 0) is 12.5 Å². The lowest BCUT2D eigenvalue weighted by atomic mass is 10.0. The predicted molar refractivity (Wildman–Crippen MR) is 51.8 cm³/mol. The molecular weight excluding hydrogens is 182 g/mol. The van der Waals surface area contributed by atoms with Crippen molar-refractivity contribution in [2.24, 2.45) is 5.73 Å².